The van der Waals surface area contributed by atoms with E-state index in [0.717, 1.165) is 57.1 Å². The van der Waals surface area contributed by atoms with Crippen molar-refractivity contribution in [3.63, 3.8) is 0 Å². The van der Waals surface area contributed by atoms with Gasteiger partial charge >= 0.3 is 0 Å². The third kappa shape index (κ3) is 7.87. The van der Waals surface area contributed by atoms with Crippen LogP contribution in [0.2, 0.25) is 0 Å². The number of aliphatic imine (C=N–C) groups is 1. The van der Waals surface area contributed by atoms with E-state index in [1.54, 1.807) is 26.3 Å². The Morgan fingerprint density at radius 1 is 1.24 bits per heavy atom. The van der Waals surface area contributed by atoms with E-state index >= 15 is 0 Å². The number of likely N-dealkylation sites (tertiary alicyclic amines) is 1. The maximum Gasteiger partial charge on any atom is 0.193 e. The van der Waals surface area contributed by atoms with Crippen LogP contribution in [0.25, 0.3) is 0 Å². The topological polar surface area (TPSA) is 46.1 Å². The van der Waals surface area contributed by atoms with Crippen LogP contribution in [-0.4, -0.2) is 57.4 Å². The van der Waals surface area contributed by atoms with Crippen LogP contribution in [0.1, 0.15) is 24.8 Å². The minimum atomic E-state index is -0.212. The summed E-state index contributed by atoms with van der Waals surface area (Å²) < 4.78 is 23.9. The SMILES string of the molecule is CN=C(NCc1ccc(F)cc1)N1CCC(OCCCOC)CC1.I. The summed E-state index contributed by atoms with van der Waals surface area (Å²) in [4.78, 5) is 6.60. The number of hydrogen-bond donors (Lipinski definition) is 1. The number of nitrogens with one attached hydrogen (secondary N) is 1. The summed E-state index contributed by atoms with van der Waals surface area (Å²) >= 11 is 0. The second kappa shape index (κ2) is 12.4. The van der Waals surface area contributed by atoms with E-state index in [1.807, 2.05) is 0 Å². The van der Waals surface area contributed by atoms with Gasteiger partial charge < -0.3 is 19.7 Å². The first-order valence-electron chi connectivity index (χ1n) is 8.53. The molecule has 0 unspecified atom stereocenters. The lowest BCUT2D eigenvalue weighted by molar-refractivity contribution is 0.00989. The maximum absolute atomic E-state index is 12.9. The van der Waals surface area contributed by atoms with Gasteiger partial charge in [-0.25, -0.2) is 4.39 Å². The summed E-state index contributed by atoms with van der Waals surface area (Å²) in [5.74, 6) is 0.674. The molecule has 1 saturated heterocycles. The summed E-state index contributed by atoms with van der Waals surface area (Å²) in [5.41, 5.74) is 1.04. The van der Waals surface area contributed by atoms with Crippen molar-refractivity contribution in [3.8, 4) is 0 Å². The second-order valence-corrected chi connectivity index (χ2v) is 5.93. The highest BCUT2D eigenvalue weighted by Gasteiger charge is 2.21. The van der Waals surface area contributed by atoms with E-state index in [0.29, 0.717) is 12.6 Å². The van der Waals surface area contributed by atoms with Gasteiger partial charge in [-0.3, -0.25) is 4.99 Å². The number of hydrogen-bond acceptors (Lipinski definition) is 3. The fourth-order valence-corrected chi connectivity index (χ4v) is 2.80. The van der Waals surface area contributed by atoms with E-state index in [2.05, 4.69) is 15.2 Å². The second-order valence-electron chi connectivity index (χ2n) is 5.93. The number of methoxy groups -OCH3 is 1. The number of nitrogens with zero attached hydrogens (tertiary/aromatic N) is 2. The van der Waals surface area contributed by atoms with Crippen molar-refractivity contribution in [1.29, 1.82) is 0 Å². The largest absolute Gasteiger partial charge is 0.385 e. The summed E-state index contributed by atoms with van der Waals surface area (Å²) in [5, 5.41) is 3.35. The lowest BCUT2D eigenvalue weighted by atomic mass is 10.1. The highest BCUT2D eigenvalue weighted by atomic mass is 127. The Hall–Kier alpha value is -0.930. The first kappa shape index (κ1) is 22.1. The molecule has 0 aromatic heterocycles. The summed E-state index contributed by atoms with van der Waals surface area (Å²) in [6.07, 6.45) is 3.28. The fraction of sp³-hybridized carbons (Fsp3) is 0.611. The van der Waals surface area contributed by atoms with Crippen molar-refractivity contribution in [1.82, 2.24) is 10.2 Å². The molecule has 7 heteroatoms. The number of piperidine rings is 1. The highest BCUT2D eigenvalue weighted by Crippen LogP contribution is 2.14. The van der Waals surface area contributed by atoms with Crippen LogP contribution in [0.15, 0.2) is 29.3 Å². The van der Waals surface area contributed by atoms with Gasteiger partial charge in [0.1, 0.15) is 5.82 Å². The number of guanidine groups is 1. The summed E-state index contributed by atoms with van der Waals surface area (Å²) in [7, 11) is 3.50. The molecule has 1 aliphatic heterocycles. The van der Waals surface area contributed by atoms with Crippen LogP contribution in [0.4, 0.5) is 4.39 Å². The normalized spacial score (nSPS) is 15.8. The molecule has 1 N–H and O–H groups in total. The van der Waals surface area contributed by atoms with Gasteiger partial charge in [-0.15, -0.1) is 24.0 Å². The third-order valence-electron chi connectivity index (χ3n) is 4.16. The Bertz CT molecular complexity index is 506. The van der Waals surface area contributed by atoms with Crippen LogP contribution >= 0.6 is 24.0 Å². The van der Waals surface area contributed by atoms with E-state index in [-0.39, 0.29) is 29.8 Å². The van der Waals surface area contributed by atoms with Crippen molar-refractivity contribution >= 4 is 29.9 Å². The fourth-order valence-electron chi connectivity index (χ4n) is 2.80. The molecule has 1 aromatic carbocycles. The Balaban J connectivity index is 0.00000312. The number of benzene rings is 1. The van der Waals surface area contributed by atoms with Gasteiger partial charge in [-0.05, 0) is 37.0 Å². The van der Waals surface area contributed by atoms with Crippen LogP contribution in [0.3, 0.4) is 0 Å². The van der Waals surface area contributed by atoms with Crippen molar-refractivity contribution in [2.75, 3.05) is 40.5 Å². The monoisotopic (exact) mass is 465 g/mol. The van der Waals surface area contributed by atoms with E-state index in [4.69, 9.17) is 9.47 Å². The van der Waals surface area contributed by atoms with Gasteiger partial charge in [0.15, 0.2) is 5.96 Å². The summed E-state index contributed by atoms with van der Waals surface area (Å²) in [6, 6.07) is 6.53. The standard InChI is InChI=1S/C18H28FN3O2.HI/c1-20-18(21-14-15-4-6-16(19)7-5-15)22-10-8-17(9-11-22)24-13-3-12-23-2;/h4-7,17H,3,8-14H2,1-2H3,(H,20,21);1H. The molecule has 0 aliphatic carbocycles. The third-order valence-corrected chi connectivity index (χ3v) is 4.16. The molecule has 0 amide bonds. The van der Waals surface area contributed by atoms with Gasteiger partial charge in [0.05, 0.1) is 6.10 Å². The van der Waals surface area contributed by atoms with E-state index in [9.17, 15) is 4.39 Å². The van der Waals surface area contributed by atoms with Gasteiger partial charge in [-0.1, -0.05) is 12.1 Å². The smallest absolute Gasteiger partial charge is 0.193 e. The summed E-state index contributed by atoms with van der Waals surface area (Å²) in [6.45, 7) is 4.01. The van der Waals surface area contributed by atoms with Crippen LogP contribution in [0, 0.1) is 5.82 Å². The Kier molecular flexibility index (Phi) is 11.0. The first-order chi connectivity index (χ1) is 11.7. The highest BCUT2D eigenvalue weighted by molar-refractivity contribution is 14.0. The molecular weight excluding hydrogens is 436 g/mol. The van der Waals surface area contributed by atoms with Crippen LogP contribution < -0.4 is 5.32 Å². The molecule has 5 nitrogen and oxygen atoms in total. The molecule has 1 aliphatic rings. The van der Waals surface area contributed by atoms with Crippen LogP contribution in [0.5, 0.6) is 0 Å². The molecule has 0 bridgehead atoms. The zero-order chi connectivity index (χ0) is 17.2. The molecule has 25 heavy (non-hydrogen) atoms. The first-order valence-corrected chi connectivity index (χ1v) is 8.53. The Labute approximate surface area is 167 Å². The molecule has 1 fully saturated rings. The molecule has 1 aromatic rings. The molecule has 0 radical (unpaired) electrons. The van der Waals surface area contributed by atoms with E-state index in [1.165, 1.54) is 12.1 Å². The molecular formula is C18H29FIN3O2. The Morgan fingerprint density at radius 2 is 1.92 bits per heavy atom. The molecule has 2 rings (SSSR count). The van der Waals surface area contributed by atoms with E-state index < -0.39 is 0 Å². The molecule has 0 atom stereocenters. The van der Waals surface area contributed by atoms with Gasteiger partial charge in [0.2, 0.25) is 0 Å². The predicted molar refractivity (Wildman–Crippen MR) is 109 cm³/mol. The Morgan fingerprint density at radius 3 is 2.52 bits per heavy atom. The van der Waals surface area contributed by atoms with Gasteiger partial charge in [-0.2, -0.15) is 0 Å². The predicted octanol–water partition coefficient (Wildman–Crippen LogP) is 3.04. The number of rotatable bonds is 7. The molecule has 0 saturated carbocycles. The van der Waals surface area contributed by atoms with Crippen molar-refractivity contribution in [2.24, 2.45) is 4.99 Å². The quantitative estimate of drug-likeness (QED) is 0.291. The minimum Gasteiger partial charge on any atom is -0.385 e. The van der Waals surface area contributed by atoms with Crippen molar-refractivity contribution in [3.05, 3.63) is 35.6 Å². The number of ether oxygens (including phenoxy) is 2. The lowest BCUT2D eigenvalue weighted by Gasteiger charge is -2.34. The molecule has 1 heterocycles. The minimum absolute atomic E-state index is 0. The van der Waals surface area contributed by atoms with Crippen LogP contribution in [-0.2, 0) is 16.0 Å². The average molecular weight is 465 g/mol. The maximum atomic E-state index is 12.9. The van der Waals surface area contributed by atoms with Gasteiger partial charge in [0.25, 0.3) is 0 Å². The molecule has 142 valence electrons. The molecule has 0 spiro atoms. The van der Waals surface area contributed by atoms with Crippen molar-refractivity contribution in [2.45, 2.75) is 31.9 Å². The zero-order valence-electron chi connectivity index (χ0n) is 15.0. The van der Waals surface area contributed by atoms with Gasteiger partial charge in [0, 0.05) is 47.0 Å². The average Bonchev–Trinajstić information content (AvgIpc) is 2.62. The zero-order valence-corrected chi connectivity index (χ0v) is 17.4. The van der Waals surface area contributed by atoms with Crippen molar-refractivity contribution < 1.29 is 13.9 Å². The number of halogens is 2. The lowest BCUT2D eigenvalue weighted by Crippen LogP contribution is -2.46.